The molecule has 0 saturated carbocycles. The van der Waals surface area contributed by atoms with Crippen molar-refractivity contribution in [2.75, 3.05) is 13.1 Å². The highest BCUT2D eigenvalue weighted by Crippen LogP contribution is 2.09. The number of nitrogens with one attached hydrogen (secondary N) is 1. The Labute approximate surface area is 108 Å². The molecule has 1 aromatic rings. The quantitative estimate of drug-likeness (QED) is 0.588. The van der Waals surface area contributed by atoms with Crippen LogP contribution in [0.5, 0.6) is 0 Å². The van der Waals surface area contributed by atoms with Gasteiger partial charge >= 0.3 is 0 Å². The van der Waals surface area contributed by atoms with E-state index in [9.17, 15) is 4.79 Å². The highest BCUT2D eigenvalue weighted by Gasteiger charge is 2.10. The zero-order chi connectivity index (χ0) is 13.4. The molecule has 1 rings (SSSR count). The van der Waals surface area contributed by atoms with Gasteiger partial charge in [0.05, 0.1) is 11.3 Å². The molecule has 5 N–H and O–H groups in total. The Morgan fingerprint density at radius 3 is 2.78 bits per heavy atom. The molecule has 0 aromatic carbocycles. The van der Waals surface area contributed by atoms with Gasteiger partial charge < -0.3 is 16.8 Å². The fourth-order valence-electron chi connectivity index (χ4n) is 1.74. The van der Waals surface area contributed by atoms with Gasteiger partial charge in [0.2, 0.25) is 0 Å². The van der Waals surface area contributed by atoms with Crippen LogP contribution >= 0.6 is 0 Å². The third kappa shape index (κ3) is 4.43. The first kappa shape index (κ1) is 14.6. The number of hydrogen-bond acceptors (Lipinski definition) is 4. The zero-order valence-electron chi connectivity index (χ0n) is 10.9. The minimum absolute atomic E-state index is 0.427. The predicted octanol–water partition coefficient (Wildman–Crippen LogP) is 0.571. The summed E-state index contributed by atoms with van der Waals surface area (Å²) in [4.78, 5) is 15.8. The first-order valence-corrected chi connectivity index (χ1v) is 6.38. The van der Waals surface area contributed by atoms with Gasteiger partial charge in [-0.2, -0.15) is 0 Å². The fourth-order valence-corrected chi connectivity index (χ4v) is 1.74. The van der Waals surface area contributed by atoms with Crippen molar-refractivity contribution >= 4 is 5.91 Å². The molecular weight excluding hydrogens is 228 g/mol. The smallest absolute Gasteiger partial charge is 0.250 e. The molecule has 0 fully saturated rings. The van der Waals surface area contributed by atoms with E-state index < -0.39 is 5.91 Å². The van der Waals surface area contributed by atoms with Crippen molar-refractivity contribution in [1.82, 2.24) is 10.3 Å². The Kier molecular flexibility index (Phi) is 6.32. The van der Waals surface area contributed by atoms with Crippen LogP contribution in [0.4, 0.5) is 0 Å². The average Bonchev–Trinajstić information content (AvgIpc) is 2.36. The van der Waals surface area contributed by atoms with Gasteiger partial charge in [-0.25, -0.2) is 0 Å². The van der Waals surface area contributed by atoms with Crippen LogP contribution in [0, 0.1) is 0 Å². The highest BCUT2D eigenvalue weighted by molar-refractivity contribution is 5.93. The largest absolute Gasteiger partial charge is 0.366 e. The normalized spacial score (nSPS) is 10.6. The van der Waals surface area contributed by atoms with E-state index in [0.29, 0.717) is 18.7 Å². The summed E-state index contributed by atoms with van der Waals surface area (Å²) < 4.78 is 0. The van der Waals surface area contributed by atoms with Gasteiger partial charge in [0.25, 0.3) is 5.91 Å². The third-order valence-corrected chi connectivity index (χ3v) is 2.73. The number of primary amides is 1. The average molecular weight is 250 g/mol. The molecule has 100 valence electrons. The topological polar surface area (TPSA) is 94.0 Å². The molecule has 0 aliphatic carbocycles. The Morgan fingerprint density at radius 2 is 2.17 bits per heavy atom. The molecule has 0 spiro atoms. The van der Waals surface area contributed by atoms with Crippen LogP contribution in [0.1, 0.15) is 41.5 Å². The van der Waals surface area contributed by atoms with Crippen LogP contribution < -0.4 is 16.8 Å². The van der Waals surface area contributed by atoms with E-state index in [1.165, 1.54) is 0 Å². The minimum Gasteiger partial charge on any atom is -0.366 e. The number of unbranched alkanes of at least 4 members (excludes halogenated alkanes) is 1. The van der Waals surface area contributed by atoms with Crippen molar-refractivity contribution in [3.8, 4) is 0 Å². The van der Waals surface area contributed by atoms with Crippen molar-refractivity contribution < 1.29 is 4.79 Å². The summed E-state index contributed by atoms with van der Waals surface area (Å²) in [6.07, 6.45) is 2.89. The van der Waals surface area contributed by atoms with E-state index >= 15 is 0 Å². The Balaban J connectivity index is 2.80. The summed E-state index contributed by atoms with van der Waals surface area (Å²) in [5, 5.41) is 3.16. The number of nitrogens with zero attached hydrogens (tertiary/aromatic N) is 1. The lowest BCUT2D eigenvalue weighted by molar-refractivity contribution is 0.0999. The summed E-state index contributed by atoms with van der Waals surface area (Å²) in [6, 6.07) is 3.63. The maximum atomic E-state index is 11.3. The molecule has 0 aliphatic heterocycles. The lowest BCUT2D eigenvalue weighted by atomic mass is 10.1. The van der Waals surface area contributed by atoms with Crippen molar-refractivity contribution in [3.63, 3.8) is 0 Å². The number of nitrogens with two attached hydrogens (primary N) is 2. The number of rotatable bonds is 8. The van der Waals surface area contributed by atoms with Crippen molar-refractivity contribution in [1.29, 1.82) is 0 Å². The Bertz CT molecular complexity index is 393. The van der Waals surface area contributed by atoms with E-state index in [0.717, 1.165) is 37.2 Å². The fraction of sp³-hybridized carbons (Fsp3) is 0.538. The lowest BCUT2D eigenvalue weighted by Crippen LogP contribution is -2.20. The molecular formula is C13H22N4O. The third-order valence-electron chi connectivity index (χ3n) is 2.73. The molecule has 5 heteroatoms. The monoisotopic (exact) mass is 250 g/mol. The minimum atomic E-state index is -0.427. The first-order valence-electron chi connectivity index (χ1n) is 6.38. The molecule has 1 amide bonds. The second kappa shape index (κ2) is 7.79. The number of pyridine rings is 1. The predicted molar refractivity (Wildman–Crippen MR) is 72.1 cm³/mol. The molecule has 0 atom stereocenters. The number of aromatic nitrogens is 1. The van der Waals surface area contributed by atoms with E-state index in [2.05, 4.69) is 10.3 Å². The van der Waals surface area contributed by atoms with Gasteiger partial charge in [0.15, 0.2) is 0 Å². The lowest BCUT2D eigenvalue weighted by Gasteiger charge is -2.09. The van der Waals surface area contributed by atoms with Gasteiger partial charge in [-0.15, -0.1) is 0 Å². The van der Waals surface area contributed by atoms with E-state index in [4.69, 9.17) is 11.5 Å². The van der Waals surface area contributed by atoms with Gasteiger partial charge in [0.1, 0.15) is 0 Å². The Hall–Kier alpha value is -1.46. The molecule has 0 aliphatic rings. The van der Waals surface area contributed by atoms with E-state index in [1.54, 1.807) is 6.07 Å². The van der Waals surface area contributed by atoms with E-state index in [-0.39, 0.29) is 0 Å². The first-order chi connectivity index (χ1) is 8.69. The molecule has 18 heavy (non-hydrogen) atoms. The van der Waals surface area contributed by atoms with Gasteiger partial charge in [-0.05, 0) is 44.5 Å². The van der Waals surface area contributed by atoms with Gasteiger partial charge in [-0.1, -0.05) is 6.92 Å². The zero-order valence-corrected chi connectivity index (χ0v) is 10.9. The second-order valence-corrected chi connectivity index (χ2v) is 4.19. The molecule has 0 unspecified atom stereocenters. The van der Waals surface area contributed by atoms with Gasteiger partial charge in [-0.3, -0.25) is 9.78 Å². The summed E-state index contributed by atoms with van der Waals surface area (Å²) in [6.45, 7) is 4.11. The van der Waals surface area contributed by atoms with Crippen LogP contribution in [0.25, 0.3) is 0 Å². The second-order valence-electron chi connectivity index (χ2n) is 4.19. The molecule has 1 aromatic heterocycles. The highest BCUT2D eigenvalue weighted by atomic mass is 16.1. The summed E-state index contributed by atoms with van der Waals surface area (Å²) in [5.74, 6) is -0.427. The van der Waals surface area contributed by atoms with Crippen molar-refractivity contribution in [2.45, 2.75) is 32.7 Å². The van der Waals surface area contributed by atoms with Gasteiger partial charge in [0, 0.05) is 12.2 Å². The maximum Gasteiger partial charge on any atom is 0.250 e. The van der Waals surface area contributed by atoms with Crippen molar-refractivity contribution in [2.24, 2.45) is 11.5 Å². The summed E-state index contributed by atoms with van der Waals surface area (Å²) in [7, 11) is 0. The van der Waals surface area contributed by atoms with Crippen LogP contribution in [-0.2, 0) is 13.0 Å². The molecule has 0 radical (unpaired) electrons. The van der Waals surface area contributed by atoms with Crippen LogP contribution in [0.3, 0.4) is 0 Å². The summed E-state index contributed by atoms with van der Waals surface area (Å²) >= 11 is 0. The number of amides is 1. The Morgan fingerprint density at radius 1 is 1.39 bits per heavy atom. The molecule has 0 bridgehead atoms. The number of aryl methyl sites for hydroxylation is 1. The van der Waals surface area contributed by atoms with Crippen molar-refractivity contribution in [3.05, 3.63) is 29.1 Å². The van der Waals surface area contributed by atoms with E-state index in [1.807, 2.05) is 13.0 Å². The number of carbonyl (C=O) groups excluding carboxylic acids is 1. The standard InChI is InChI=1S/C13H22N4O/c1-2-16-9-12-11(13(15)18)7-6-10(17-12)5-3-4-8-14/h6-7,16H,2-5,8-9,14H2,1H3,(H2,15,18). The maximum absolute atomic E-state index is 11.3. The summed E-state index contributed by atoms with van der Waals surface area (Å²) in [5.41, 5.74) is 13.0. The van der Waals surface area contributed by atoms with Crippen LogP contribution in [0.15, 0.2) is 12.1 Å². The van der Waals surface area contributed by atoms with Crippen LogP contribution in [0.2, 0.25) is 0 Å². The number of carbonyl (C=O) groups is 1. The SMILES string of the molecule is CCNCc1nc(CCCCN)ccc1C(N)=O. The van der Waals surface area contributed by atoms with Crippen LogP contribution in [-0.4, -0.2) is 24.0 Å². The molecule has 5 nitrogen and oxygen atoms in total. The molecule has 0 saturated heterocycles. The number of hydrogen-bond donors (Lipinski definition) is 3. The molecule has 1 heterocycles.